The van der Waals surface area contributed by atoms with Gasteiger partial charge in [0.05, 0.1) is 30.1 Å². The lowest BCUT2D eigenvalue weighted by atomic mass is 10.1. The molecule has 2 fully saturated rings. The molecule has 0 radical (unpaired) electrons. The van der Waals surface area contributed by atoms with Crippen molar-refractivity contribution >= 4 is 51.8 Å². The standard InChI is InChI=1S/C14H14N4O4S2/c19-13-9-24-14(23)17(13)15-8-10-7-11(18(20)21)1-2-12(10)16-3-5-22-6-4-16/h1-2,7-8H,3-6,9H2/b15-8-. The predicted molar refractivity (Wildman–Crippen MR) is 95.6 cm³/mol. The van der Waals surface area contributed by atoms with E-state index in [0.29, 0.717) is 36.2 Å². The van der Waals surface area contributed by atoms with Crippen molar-refractivity contribution in [3.8, 4) is 0 Å². The quantitative estimate of drug-likeness (QED) is 0.346. The van der Waals surface area contributed by atoms with E-state index in [9.17, 15) is 14.9 Å². The first-order valence-electron chi connectivity index (χ1n) is 7.21. The molecule has 0 unspecified atom stereocenters. The number of anilines is 1. The van der Waals surface area contributed by atoms with E-state index in [1.54, 1.807) is 6.07 Å². The Morgan fingerprint density at radius 3 is 2.75 bits per heavy atom. The van der Waals surface area contributed by atoms with Gasteiger partial charge < -0.3 is 9.64 Å². The largest absolute Gasteiger partial charge is 0.378 e. The number of non-ortho nitro benzene ring substituents is 1. The summed E-state index contributed by atoms with van der Waals surface area (Å²) in [6, 6.07) is 4.61. The summed E-state index contributed by atoms with van der Waals surface area (Å²) in [6.45, 7) is 2.57. The number of rotatable bonds is 4. The van der Waals surface area contributed by atoms with Crippen molar-refractivity contribution < 1.29 is 14.5 Å². The van der Waals surface area contributed by atoms with Gasteiger partial charge in [-0.3, -0.25) is 14.9 Å². The SMILES string of the molecule is O=C1CSC(=S)N1/N=C\c1cc([N+](=O)[O-])ccc1N1CCOCC1. The van der Waals surface area contributed by atoms with Gasteiger partial charge in [0.25, 0.3) is 11.6 Å². The summed E-state index contributed by atoms with van der Waals surface area (Å²) in [5.74, 6) is 0.0705. The van der Waals surface area contributed by atoms with Crippen molar-refractivity contribution in [3.05, 3.63) is 33.9 Å². The van der Waals surface area contributed by atoms with Gasteiger partial charge in [0.2, 0.25) is 0 Å². The summed E-state index contributed by atoms with van der Waals surface area (Å²) in [5.41, 5.74) is 1.36. The van der Waals surface area contributed by atoms with Crippen molar-refractivity contribution in [2.45, 2.75) is 0 Å². The molecule has 10 heteroatoms. The molecule has 0 aromatic heterocycles. The number of thioether (sulfide) groups is 1. The summed E-state index contributed by atoms with van der Waals surface area (Å²) in [4.78, 5) is 24.4. The Labute approximate surface area is 147 Å². The number of benzene rings is 1. The number of hydrazone groups is 1. The third kappa shape index (κ3) is 3.55. The first-order valence-corrected chi connectivity index (χ1v) is 8.60. The van der Waals surface area contributed by atoms with Gasteiger partial charge in [-0.15, -0.1) is 0 Å². The first kappa shape index (κ1) is 16.8. The minimum absolute atomic E-state index is 0.0295. The van der Waals surface area contributed by atoms with Crippen LogP contribution in [-0.4, -0.2) is 58.4 Å². The first-order chi connectivity index (χ1) is 11.6. The van der Waals surface area contributed by atoms with Gasteiger partial charge in [-0.05, 0) is 6.07 Å². The smallest absolute Gasteiger partial charge is 0.270 e. The summed E-state index contributed by atoms with van der Waals surface area (Å²) in [7, 11) is 0. The number of thiocarbonyl (C=S) groups is 1. The van der Waals surface area contributed by atoms with Crippen LogP contribution in [0.15, 0.2) is 23.3 Å². The Kier molecular flexibility index (Phi) is 5.07. The lowest BCUT2D eigenvalue weighted by molar-refractivity contribution is -0.384. The number of morpholine rings is 1. The third-order valence-corrected chi connectivity index (χ3v) is 4.95. The Balaban J connectivity index is 1.93. The molecule has 0 aliphatic carbocycles. The van der Waals surface area contributed by atoms with Crippen LogP contribution in [0, 0.1) is 10.1 Å². The Morgan fingerprint density at radius 1 is 1.38 bits per heavy atom. The zero-order chi connectivity index (χ0) is 17.1. The third-order valence-electron chi connectivity index (χ3n) is 3.61. The lowest BCUT2D eigenvalue weighted by Gasteiger charge is -2.29. The molecule has 8 nitrogen and oxygen atoms in total. The molecule has 3 rings (SSSR count). The van der Waals surface area contributed by atoms with Gasteiger partial charge in [-0.25, -0.2) is 0 Å². The molecule has 0 spiro atoms. The van der Waals surface area contributed by atoms with E-state index in [-0.39, 0.29) is 17.3 Å². The van der Waals surface area contributed by atoms with E-state index in [2.05, 4.69) is 10.0 Å². The Hall–Kier alpha value is -2.04. The Morgan fingerprint density at radius 2 is 2.12 bits per heavy atom. The molecule has 2 aliphatic rings. The number of carbonyl (C=O) groups is 1. The molecule has 1 aromatic carbocycles. The van der Waals surface area contributed by atoms with Crippen molar-refractivity contribution in [1.29, 1.82) is 0 Å². The maximum absolute atomic E-state index is 11.7. The molecule has 0 atom stereocenters. The summed E-state index contributed by atoms with van der Waals surface area (Å²) in [5, 5.41) is 16.3. The van der Waals surface area contributed by atoms with Gasteiger partial charge in [-0.2, -0.15) is 10.1 Å². The lowest BCUT2D eigenvalue weighted by Crippen LogP contribution is -2.36. The number of nitro groups is 1. The summed E-state index contributed by atoms with van der Waals surface area (Å²) in [6.07, 6.45) is 1.45. The van der Waals surface area contributed by atoms with E-state index in [0.717, 1.165) is 10.7 Å². The molecular formula is C14H14N4O4S2. The number of nitrogens with zero attached hydrogens (tertiary/aromatic N) is 4. The summed E-state index contributed by atoms with van der Waals surface area (Å²) < 4.78 is 5.72. The van der Waals surface area contributed by atoms with E-state index >= 15 is 0 Å². The highest BCUT2D eigenvalue weighted by Crippen LogP contribution is 2.26. The molecule has 1 amide bonds. The molecule has 24 heavy (non-hydrogen) atoms. The molecule has 2 heterocycles. The fourth-order valence-corrected chi connectivity index (χ4v) is 3.40. The van der Waals surface area contributed by atoms with Crippen LogP contribution in [0.5, 0.6) is 0 Å². The average Bonchev–Trinajstić information content (AvgIpc) is 2.91. The molecule has 126 valence electrons. The van der Waals surface area contributed by atoms with Gasteiger partial charge in [0.1, 0.15) is 0 Å². The van der Waals surface area contributed by atoms with Gasteiger partial charge in [0.15, 0.2) is 4.32 Å². The molecule has 0 N–H and O–H groups in total. The zero-order valence-corrected chi connectivity index (χ0v) is 14.2. The van der Waals surface area contributed by atoms with Crippen LogP contribution >= 0.6 is 24.0 Å². The molecule has 1 aromatic rings. The summed E-state index contributed by atoms with van der Waals surface area (Å²) >= 11 is 6.33. The maximum Gasteiger partial charge on any atom is 0.270 e. The predicted octanol–water partition coefficient (Wildman–Crippen LogP) is 1.63. The average molecular weight is 366 g/mol. The Bertz CT molecular complexity index is 703. The number of nitro benzene ring substituents is 1. The van der Waals surface area contributed by atoms with Crippen molar-refractivity contribution in [1.82, 2.24) is 5.01 Å². The molecule has 0 bridgehead atoms. The normalized spacial score (nSPS) is 18.7. The highest BCUT2D eigenvalue weighted by Gasteiger charge is 2.26. The highest BCUT2D eigenvalue weighted by molar-refractivity contribution is 8.23. The van der Waals surface area contributed by atoms with Crippen LogP contribution < -0.4 is 4.90 Å². The minimum Gasteiger partial charge on any atom is -0.378 e. The van der Waals surface area contributed by atoms with E-state index in [1.165, 1.54) is 30.1 Å². The maximum atomic E-state index is 11.7. The van der Waals surface area contributed by atoms with Gasteiger partial charge >= 0.3 is 0 Å². The van der Waals surface area contributed by atoms with Gasteiger partial charge in [-0.1, -0.05) is 24.0 Å². The number of carbonyl (C=O) groups excluding carboxylic acids is 1. The van der Waals surface area contributed by atoms with Crippen LogP contribution in [0.4, 0.5) is 11.4 Å². The fraction of sp³-hybridized carbons (Fsp3) is 0.357. The zero-order valence-electron chi connectivity index (χ0n) is 12.6. The van der Waals surface area contributed by atoms with E-state index < -0.39 is 4.92 Å². The minimum atomic E-state index is -0.456. The second-order valence-electron chi connectivity index (χ2n) is 5.10. The molecule has 2 aliphatic heterocycles. The molecule has 0 saturated carbocycles. The number of hydrogen-bond donors (Lipinski definition) is 0. The number of ether oxygens (including phenoxy) is 1. The molecule has 2 saturated heterocycles. The second-order valence-corrected chi connectivity index (χ2v) is 6.71. The van der Waals surface area contributed by atoms with E-state index in [4.69, 9.17) is 17.0 Å². The van der Waals surface area contributed by atoms with Crippen LogP contribution in [0.25, 0.3) is 0 Å². The van der Waals surface area contributed by atoms with Gasteiger partial charge in [0, 0.05) is 36.5 Å². The van der Waals surface area contributed by atoms with Crippen molar-refractivity contribution in [2.75, 3.05) is 37.0 Å². The van der Waals surface area contributed by atoms with Crippen molar-refractivity contribution in [3.63, 3.8) is 0 Å². The van der Waals surface area contributed by atoms with Crippen LogP contribution in [-0.2, 0) is 9.53 Å². The van der Waals surface area contributed by atoms with Crippen LogP contribution in [0.2, 0.25) is 0 Å². The highest BCUT2D eigenvalue weighted by atomic mass is 32.2. The fourth-order valence-electron chi connectivity index (χ4n) is 2.43. The number of hydrogen-bond acceptors (Lipinski definition) is 8. The van der Waals surface area contributed by atoms with Crippen LogP contribution in [0.1, 0.15) is 5.56 Å². The molecular weight excluding hydrogens is 352 g/mol. The van der Waals surface area contributed by atoms with Crippen molar-refractivity contribution in [2.24, 2.45) is 5.10 Å². The van der Waals surface area contributed by atoms with E-state index in [1.807, 2.05) is 0 Å². The number of amides is 1. The van der Waals surface area contributed by atoms with Crippen LogP contribution in [0.3, 0.4) is 0 Å². The monoisotopic (exact) mass is 366 g/mol. The topological polar surface area (TPSA) is 88.3 Å². The second kappa shape index (κ2) is 7.24.